The minimum absolute atomic E-state index is 0.173. The van der Waals surface area contributed by atoms with Gasteiger partial charge in [-0.05, 0) is 31.5 Å². The summed E-state index contributed by atoms with van der Waals surface area (Å²) in [4.78, 5) is 17.7. The van der Waals surface area contributed by atoms with E-state index in [9.17, 15) is 4.79 Å². The molecule has 26 heavy (non-hydrogen) atoms. The molecule has 0 bridgehead atoms. The van der Waals surface area contributed by atoms with Crippen LogP contribution in [0, 0.1) is 13.8 Å². The Balaban J connectivity index is 1.66. The first-order valence-electron chi connectivity index (χ1n) is 8.11. The number of aromatic nitrogens is 1. The quantitative estimate of drug-likeness (QED) is 0.393. The van der Waals surface area contributed by atoms with Crippen molar-refractivity contribution in [3.8, 4) is 0 Å². The molecule has 0 aliphatic rings. The van der Waals surface area contributed by atoms with E-state index >= 15 is 0 Å². The Bertz CT molecular complexity index is 988. The molecule has 4 nitrogen and oxygen atoms in total. The Kier molecular flexibility index (Phi) is 5.91. The minimum atomic E-state index is -0.173. The summed E-state index contributed by atoms with van der Waals surface area (Å²) in [7, 11) is 0. The second-order valence-electron chi connectivity index (χ2n) is 5.84. The third kappa shape index (κ3) is 4.42. The number of fused-ring (bicyclic) bond motifs is 1. The van der Waals surface area contributed by atoms with E-state index in [2.05, 4.69) is 15.5 Å². The molecule has 3 aromatic rings. The summed E-state index contributed by atoms with van der Waals surface area (Å²) in [5.74, 6) is 0.0976. The van der Waals surface area contributed by atoms with E-state index in [0.29, 0.717) is 5.02 Å². The van der Waals surface area contributed by atoms with E-state index in [1.807, 2.05) is 56.3 Å². The lowest BCUT2D eigenvalue weighted by Crippen LogP contribution is -2.19. The lowest BCUT2D eigenvalue weighted by atomic mass is 10.1. The zero-order valence-electron chi connectivity index (χ0n) is 14.5. The molecule has 1 heterocycles. The molecule has 0 saturated carbocycles. The second kappa shape index (κ2) is 8.34. The first-order valence-corrected chi connectivity index (χ1v) is 9.47. The fourth-order valence-electron chi connectivity index (χ4n) is 2.53. The van der Waals surface area contributed by atoms with E-state index in [4.69, 9.17) is 11.6 Å². The number of hydrogen-bond acceptors (Lipinski definition) is 4. The maximum Gasteiger partial charge on any atom is 0.250 e. The van der Waals surface area contributed by atoms with Crippen molar-refractivity contribution in [3.05, 3.63) is 70.4 Å². The Hall–Kier alpha value is -2.37. The molecular formula is C20H18ClN3OS. The van der Waals surface area contributed by atoms with Gasteiger partial charge in [0.05, 0.1) is 17.5 Å². The summed E-state index contributed by atoms with van der Waals surface area (Å²) in [6.07, 6.45) is 1.54. The molecule has 132 valence electrons. The number of nitrogens with zero attached hydrogens (tertiary/aromatic N) is 2. The number of rotatable bonds is 5. The van der Waals surface area contributed by atoms with Crippen LogP contribution >= 0.6 is 23.4 Å². The normalized spacial score (nSPS) is 11.2. The van der Waals surface area contributed by atoms with Crippen molar-refractivity contribution in [3.63, 3.8) is 0 Å². The molecule has 0 saturated heterocycles. The number of nitrogens with one attached hydrogen (secondary N) is 1. The van der Waals surface area contributed by atoms with Gasteiger partial charge in [-0.15, -0.1) is 11.8 Å². The Labute approximate surface area is 161 Å². The number of amides is 1. The first kappa shape index (κ1) is 18.4. The minimum Gasteiger partial charge on any atom is -0.272 e. The lowest BCUT2D eigenvalue weighted by Gasteiger charge is -2.09. The van der Waals surface area contributed by atoms with Gasteiger partial charge in [0, 0.05) is 26.6 Å². The van der Waals surface area contributed by atoms with E-state index < -0.39 is 0 Å². The van der Waals surface area contributed by atoms with Crippen molar-refractivity contribution in [1.82, 2.24) is 10.4 Å². The van der Waals surface area contributed by atoms with Crippen molar-refractivity contribution >= 4 is 46.4 Å². The number of pyridine rings is 1. The molecule has 6 heteroatoms. The largest absolute Gasteiger partial charge is 0.272 e. The highest BCUT2D eigenvalue weighted by molar-refractivity contribution is 8.00. The number of benzene rings is 2. The molecule has 0 unspecified atom stereocenters. The Morgan fingerprint density at radius 1 is 1.23 bits per heavy atom. The third-order valence-electron chi connectivity index (χ3n) is 3.79. The van der Waals surface area contributed by atoms with Crippen LogP contribution in [0.2, 0.25) is 5.02 Å². The van der Waals surface area contributed by atoms with Gasteiger partial charge in [0.25, 0.3) is 0 Å². The van der Waals surface area contributed by atoms with Crippen LogP contribution in [0.5, 0.6) is 0 Å². The number of halogens is 1. The van der Waals surface area contributed by atoms with Crippen LogP contribution in [0.1, 0.15) is 16.8 Å². The Morgan fingerprint density at radius 3 is 2.85 bits per heavy atom. The maximum atomic E-state index is 12.1. The number of hydrogen-bond donors (Lipinski definition) is 1. The number of thioether (sulfide) groups is 1. The fourth-order valence-corrected chi connectivity index (χ4v) is 3.64. The van der Waals surface area contributed by atoms with Crippen LogP contribution in [0.4, 0.5) is 0 Å². The van der Waals surface area contributed by atoms with Gasteiger partial charge in [0.2, 0.25) is 5.91 Å². The molecule has 3 rings (SSSR count). The first-order chi connectivity index (χ1) is 12.5. The van der Waals surface area contributed by atoms with E-state index in [1.54, 1.807) is 12.3 Å². The zero-order valence-corrected chi connectivity index (χ0v) is 16.1. The van der Waals surface area contributed by atoms with Crippen LogP contribution in [-0.4, -0.2) is 22.9 Å². The van der Waals surface area contributed by atoms with Crippen LogP contribution in [-0.2, 0) is 4.79 Å². The highest BCUT2D eigenvalue weighted by Gasteiger charge is 2.09. The van der Waals surface area contributed by atoms with Gasteiger partial charge in [-0.25, -0.2) is 5.43 Å². The molecule has 0 spiro atoms. The molecule has 2 aromatic carbocycles. The van der Waals surface area contributed by atoms with Gasteiger partial charge in [-0.2, -0.15) is 5.10 Å². The summed E-state index contributed by atoms with van der Waals surface area (Å²) in [6, 6.07) is 15.4. The highest BCUT2D eigenvalue weighted by Crippen LogP contribution is 2.29. The van der Waals surface area contributed by atoms with Crippen molar-refractivity contribution in [1.29, 1.82) is 0 Å². The molecule has 0 fully saturated rings. The summed E-state index contributed by atoms with van der Waals surface area (Å²) >= 11 is 7.53. The number of aryl methyl sites for hydroxylation is 2. The predicted octanol–water partition coefficient (Wildman–Crippen LogP) is 4.75. The van der Waals surface area contributed by atoms with E-state index in [0.717, 1.165) is 32.6 Å². The number of carbonyl (C=O) groups excluding carboxylic acids is 1. The zero-order chi connectivity index (χ0) is 18.5. The van der Waals surface area contributed by atoms with E-state index in [-0.39, 0.29) is 11.7 Å². The SMILES string of the molecule is Cc1cc(SCC(=O)N/N=C/c2ccccc2Cl)c2cccc(C)c2n1. The van der Waals surface area contributed by atoms with Gasteiger partial charge >= 0.3 is 0 Å². The van der Waals surface area contributed by atoms with Crippen LogP contribution < -0.4 is 5.43 Å². The van der Waals surface area contributed by atoms with Crippen molar-refractivity contribution in [2.45, 2.75) is 18.7 Å². The van der Waals surface area contributed by atoms with Crippen LogP contribution in [0.25, 0.3) is 10.9 Å². The van der Waals surface area contributed by atoms with Crippen molar-refractivity contribution in [2.75, 3.05) is 5.75 Å². The number of para-hydroxylation sites is 1. The molecule has 0 aliphatic carbocycles. The second-order valence-corrected chi connectivity index (χ2v) is 7.26. The van der Waals surface area contributed by atoms with Gasteiger partial charge in [0.15, 0.2) is 0 Å². The van der Waals surface area contributed by atoms with Crippen molar-refractivity contribution in [2.24, 2.45) is 5.10 Å². The van der Waals surface area contributed by atoms with Gasteiger partial charge in [-0.3, -0.25) is 9.78 Å². The molecule has 1 N–H and O–H groups in total. The van der Waals surface area contributed by atoms with Crippen LogP contribution in [0.15, 0.2) is 58.5 Å². The Morgan fingerprint density at radius 2 is 2.04 bits per heavy atom. The number of hydrazone groups is 1. The van der Waals surface area contributed by atoms with Gasteiger partial charge in [-0.1, -0.05) is 48.0 Å². The summed E-state index contributed by atoms with van der Waals surface area (Å²) in [5.41, 5.74) is 6.34. The standard InChI is InChI=1S/C20H18ClN3OS/c1-13-6-5-8-16-18(10-14(2)23-20(13)16)26-12-19(25)24-22-11-15-7-3-4-9-17(15)21/h3-11H,12H2,1-2H3,(H,24,25)/b22-11+. The maximum absolute atomic E-state index is 12.1. The lowest BCUT2D eigenvalue weighted by molar-refractivity contribution is -0.118. The predicted molar refractivity (Wildman–Crippen MR) is 109 cm³/mol. The monoisotopic (exact) mass is 383 g/mol. The summed E-state index contributed by atoms with van der Waals surface area (Å²) in [5, 5.41) is 5.63. The van der Waals surface area contributed by atoms with Crippen LogP contribution in [0.3, 0.4) is 0 Å². The molecule has 0 aliphatic heterocycles. The molecule has 0 atom stereocenters. The molecule has 1 amide bonds. The average Bonchev–Trinajstić information content (AvgIpc) is 2.62. The fraction of sp³-hybridized carbons (Fsp3) is 0.150. The summed E-state index contributed by atoms with van der Waals surface area (Å²) in [6.45, 7) is 4.00. The third-order valence-corrected chi connectivity index (χ3v) is 5.19. The van der Waals surface area contributed by atoms with Crippen molar-refractivity contribution < 1.29 is 4.79 Å². The van der Waals surface area contributed by atoms with Gasteiger partial charge < -0.3 is 0 Å². The highest BCUT2D eigenvalue weighted by atomic mass is 35.5. The smallest absolute Gasteiger partial charge is 0.250 e. The summed E-state index contributed by atoms with van der Waals surface area (Å²) < 4.78 is 0. The van der Waals surface area contributed by atoms with Gasteiger partial charge in [0.1, 0.15) is 0 Å². The molecular weight excluding hydrogens is 366 g/mol. The molecule has 1 aromatic heterocycles. The number of carbonyl (C=O) groups is 1. The average molecular weight is 384 g/mol. The molecule has 0 radical (unpaired) electrons. The topological polar surface area (TPSA) is 54.4 Å². The van der Waals surface area contributed by atoms with E-state index in [1.165, 1.54) is 11.8 Å².